The van der Waals surface area contributed by atoms with E-state index >= 15 is 0 Å². The van der Waals surface area contributed by atoms with Crippen molar-refractivity contribution in [3.63, 3.8) is 0 Å². The van der Waals surface area contributed by atoms with Gasteiger partial charge in [0.25, 0.3) is 5.91 Å². The number of aliphatic hydroxyl groups excluding tert-OH is 2. The highest BCUT2D eigenvalue weighted by molar-refractivity contribution is 14.1. The topological polar surface area (TPSA) is 77.8 Å². The number of halogens is 1. The van der Waals surface area contributed by atoms with Crippen LogP contribution in [-0.2, 0) is 9.59 Å². The Kier molecular flexibility index (Phi) is 4.44. The molecule has 0 aliphatic carbocycles. The van der Waals surface area contributed by atoms with Gasteiger partial charge in [-0.25, -0.2) is 0 Å². The molecule has 1 aromatic carbocycles. The molecule has 2 N–H and O–H groups in total. The predicted molar refractivity (Wildman–Crippen MR) is 81.0 cm³/mol. The molecule has 0 aromatic heterocycles. The van der Waals surface area contributed by atoms with Crippen LogP contribution in [0, 0.1) is 3.57 Å². The molecule has 0 bridgehead atoms. The summed E-state index contributed by atoms with van der Waals surface area (Å²) in [4.78, 5) is 25.1. The standard InChI is InChI=1S/C14H14INO4/c1-8(18)11-12(9-2-4-10(15)5-3-9)16(6-7-17)14(20)13(11)19/h2-5,12,17,19H,6-7H2,1H3. The molecule has 1 aliphatic rings. The van der Waals surface area contributed by atoms with Crippen molar-refractivity contribution in [2.45, 2.75) is 13.0 Å². The van der Waals surface area contributed by atoms with Gasteiger partial charge in [-0.1, -0.05) is 12.1 Å². The zero-order valence-electron chi connectivity index (χ0n) is 10.8. The zero-order valence-corrected chi connectivity index (χ0v) is 13.0. The molecule has 0 saturated carbocycles. The number of amides is 1. The van der Waals surface area contributed by atoms with E-state index in [-0.39, 0.29) is 24.5 Å². The SMILES string of the molecule is CC(=O)C1=C(O)C(=O)N(CCO)C1c1ccc(I)cc1. The molecule has 0 spiro atoms. The van der Waals surface area contributed by atoms with Gasteiger partial charge in [0.1, 0.15) is 0 Å². The summed E-state index contributed by atoms with van der Waals surface area (Å²) < 4.78 is 1.03. The quantitative estimate of drug-likeness (QED) is 0.769. The lowest BCUT2D eigenvalue weighted by Crippen LogP contribution is -2.33. The molecule has 6 heteroatoms. The van der Waals surface area contributed by atoms with Crippen molar-refractivity contribution >= 4 is 34.3 Å². The molecule has 1 aromatic rings. The predicted octanol–water partition coefficient (Wildman–Crippen LogP) is 1.57. The highest BCUT2D eigenvalue weighted by Gasteiger charge is 2.41. The van der Waals surface area contributed by atoms with Gasteiger partial charge in [-0.3, -0.25) is 9.59 Å². The monoisotopic (exact) mass is 387 g/mol. The third-order valence-corrected chi connectivity index (χ3v) is 3.93. The average Bonchev–Trinajstić information content (AvgIpc) is 2.65. The zero-order chi connectivity index (χ0) is 14.9. The van der Waals surface area contributed by atoms with Gasteiger partial charge >= 0.3 is 0 Å². The summed E-state index contributed by atoms with van der Waals surface area (Å²) in [5, 5.41) is 19.0. The number of carbonyl (C=O) groups is 2. The third kappa shape index (κ3) is 2.57. The number of rotatable bonds is 4. The van der Waals surface area contributed by atoms with E-state index in [0.717, 1.165) is 9.13 Å². The highest BCUT2D eigenvalue weighted by Crippen LogP contribution is 2.37. The van der Waals surface area contributed by atoms with Gasteiger partial charge in [-0.05, 0) is 47.2 Å². The normalized spacial score (nSPS) is 18.9. The first-order valence-electron chi connectivity index (χ1n) is 6.08. The van der Waals surface area contributed by atoms with Crippen molar-refractivity contribution in [2.75, 3.05) is 13.2 Å². The van der Waals surface area contributed by atoms with Crippen LogP contribution in [0.2, 0.25) is 0 Å². The lowest BCUT2D eigenvalue weighted by Gasteiger charge is -2.25. The van der Waals surface area contributed by atoms with E-state index < -0.39 is 17.7 Å². The minimum absolute atomic E-state index is 0.0658. The number of nitrogens with zero attached hydrogens (tertiary/aromatic N) is 1. The van der Waals surface area contributed by atoms with Crippen molar-refractivity contribution in [1.29, 1.82) is 0 Å². The van der Waals surface area contributed by atoms with Crippen LogP contribution in [0.15, 0.2) is 35.6 Å². The molecule has 1 amide bonds. The molecule has 0 saturated heterocycles. The second kappa shape index (κ2) is 5.92. The number of β-amino-alcohol motifs (C(OH)–C–C–N with tert-alkyl or cyclic N) is 1. The summed E-state index contributed by atoms with van der Waals surface area (Å²) in [6, 6.07) is 6.72. The molecular weight excluding hydrogens is 373 g/mol. The molecular formula is C14H14INO4. The molecule has 1 atom stereocenters. The summed E-state index contributed by atoms with van der Waals surface area (Å²) in [5.41, 5.74) is 0.825. The molecule has 106 valence electrons. The molecule has 1 aliphatic heterocycles. The smallest absolute Gasteiger partial charge is 0.290 e. The Bertz CT molecular complexity index is 579. The first kappa shape index (κ1) is 15.0. The maximum absolute atomic E-state index is 12.0. The fraction of sp³-hybridized carbons (Fsp3) is 0.286. The van der Waals surface area contributed by atoms with Crippen LogP contribution in [0.4, 0.5) is 0 Å². The molecule has 20 heavy (non-hydrogen) atoms. The van der Waals surface area contributed by atoms with E-state index in [0.29, 0.717) is 0 Å². The van der Waals surface area contributed by atoms with Crippen LogP contribution in [0.3, 0.4) is 0 Å². The summed E-state index contributed by atoms with van der Waals surface area (Å²) >= 11 is 2.16. The first-order valence-corrected chi connectivity index (χ1v) is 7.16. The van der Waals surface area contributed by atoms with Gasteiger partial charge in [0, 0.05) is 10.1 Å². The Morgan fingerprint density at radius 3 is 2.45 bits per heavy atom. The molecule has 0 radical (unpaired) electrons. The van der Waals surface area contributed by atoms with Gasteiger partial charge in [-0.2, -0.15) is 0 Å². The van der Waals surface area contributed by atoms with Crippen molar-refractivity contribution < 1.29 is 19.8 Å². The van der Waals surface area contributed by atoms with E-state index in [4.69, 9.17) is 5.11 Å². The number of hydrogen-bond donors (Lipinski definition) is 2. The number of hydrogen-bond acceptors (Lipinski definition) is 4. The fourth-order valence-electron chi connectivity index (χ4n) is 2.34. The highest BCUT2D eigenvalue weighted by atomic mass is 127. The van der Waals surface area contributed by atoms with Gasteiger partial charge in [0.05, 0.1) is 18.2 Å². The summed E-state index contributed by atoms with van der Waals surface area (Å²) in [6.07, 6.45) is 0. The minimum atomic E-state index is -0.635. The first-order chi connectivity index (χ1) is 9.47. The van der Waals surface area contributed by atoms with Crippen molar-refractivity contribution in [2.24, 2.45) is 0 Å². The van der Waals surface area contributed by atoms with Crippen LogP contribution in [0.5, 0.6) is 0 Å². The van der Waals surface area contributed by atoms with Crippen LogP contribution in [0.1, 0.15) is 18.5 Å². The number of benzene rings is 1. The number of Topliss-reactive ketones (excluding diaryl/α,β-unsaturated/α-hetero) is 1. The Balaban J connectivity index is 2.51. The Morgan fingerprint density at radius 2 is 1.95 bits per heavy atom. The fourth-order valence-corrected chi connectivity index (χ4v) is 2.70. The summed E-state index contributed by atoms with van der Waals surface area (Å²) in [6.45, 7) is 1.16. The largest absolute Gasteiger partial charge is 0.503 e. The van der Waals surface area contributed by atoms with Gasteiger partial charge in [0.2, 0.25) is 0 Å². The maximum atomic E-state index is 12.0. The van der Waals surface area contributed by atoms with Crippen LogP contribution in [-0.4, -0.2) is 40.0 Å². The van der Waals surface area contributed by atoms with Gasteiger partial charge < -0.3 is 15.1 Å². The number of ketones is 1. The minimum Gasteiger partial charge on any atom is -0.503 e. The van der Waals surface area contributed by atoms with E-state index in [1.54, 1.807) is 0 Å². The molecule has 5 nitrogen and oxygen atoms in total. The molecule has 1 unspecified atom stereocenters. The van der Waals surface area contributed by atoms with Crippen LogP contribution < -0.4 is 0 Å². The van der Waals surface area contributed by atoms with Gasteiger partial charge in [0.15, 0.2) is 11.5 Å². The van der Waals surface area contributed by atoms with Crippen LogP contribution >= 0.6 is 22.6 Å². The molecule has 1 heterocycles. The third-order valence-electron chi connectivity index (χ3n) is 3.21. The van der Waals surface area contributed by atoms with E-state index in [1.807, 2.05) is 24.3 Å². The second-order valence-corrected chi connectivity index (χ2v) is 5.74. The number of carbonyl (C=O) groups excluding carboxylic acids is 2. The van der Waals surface area contributed by atoms with Gasteiger partial charge in [-0.15, -0.1) is 0 Å². The molecule has 2 rings (SSSR count). The summed E-state index contributed by atoms with van der Waals surface area (Å²) in [5.74, 6) is -1.48. The van der Waals surface area contributed by atoms with Crippen molar-refractivity contribution in [3.8, 4) is 0 Å². The number of aliphatic hydroxyl groups is 2. The lowest BCUT2D eigenvalue weighted by molar-refractivity contribution is -0.129. The Labute approximate surface area is 130 Å². The van der Waals surface area contributed by atoms with E-state index in [2.05, 4.69) is 22.6 Å². The summed E-state index contributed by atoms with van der Waals surface area (Å²) in [7, 11) is 0. The Morgan fingerprint density at radius 1 is 1.35 bits per heavy atom. The van der Waals surface area contributed by atoms with Crippen molar-refractivity contribution in [1.82, 2.24) is 4.90 Å². The van der Waals surface area contributed by atoms with E-state index in [1.165, 1.54) is 11.8 Å². The average molecular weight is 387 g/mol. The van der Waals surface area contributed by atoms with E-state index in [9.17, 15) is 14.7 Å². The van der Waals surface area contributed by atoms with Crippen LogP contribution in [0.25, 0.3) is 0 Å². The Hall–Kier alpha value is -1.41. The maximum Gasteiger partial charge on any atom is 0.290 e. The second-order valence-electron chi connectivity index (χ2n) is 4.49. The lowest BCUT2D eigenvalue weighted by atomic mass is 9.97. The van der Waals surface area contributed by atoms with Crippen molar-refractivity contribution in [3.05, 3.63) is 44.7 Å². The molecule has 0 fully saturated rings.